The molecule has 1 N–H and O–H groups in total. The lowest BCUT2D eigenvalue weighted by Gasteiger charge is -2.23. The average molecular weight is 262 g/mol. The van der Waals surface area contributed by atoms with Gasteiger partial charge in [-0.2, -0.15) is 0 Å². The molecule has 0 fully saturated rings. The van der Waals surface area contributed by atoms with Crippen LogP contribution in [0.15, 0.2) is 29.3 Å². The first-order chi connectivity index (χ1) is 8.69. The topological polar surface area (TPSA) is 24.4 Å². The molecular formula is C15H22N2S. The van der Waals surface area contributed by atoms with Crippen LogP contribution in [0.4, 0.5) is 5.69 Å². The van der Waals surface area contributed by atoms with Gasteiger partial charge in [0.05, 0.1) is 6.04 Å². The van der Waals surface area contributed by atoms with Crippen molar-refractivity contribution >= 4 is 22.6 Å². The number of anilines is 1. The number of benzene rings is 1. The standard InChI is InChI=1S/C15H22N2S/c1-4-12-5-7-13(8-6-12)16-15-17-14(11(2)3)9-10-18-15/h5-8,11,14H,4,9-10H2,1-3H3,(H,16,17). The van der Waals surface area contributed by atoms with Gasteiger partial charge in [-0.05, 0) is 36.5 Å². The van der Waals surface area contributed by atoms with E-state index in [9.17, 15) is 0 Å². The number of hydrogen-bond acceptors (Lipinski definition) is 3. The van der Waals surface area contributed by atoms with Gasteiger partial charge in [0.1, 0.15) is 0 Å². The van der Waals surface area contributed by atoms with Gasteiger partial charge in [-0.1, -0.05) is 44.7 Å². The highest BCUT2D eigenvalue weighted by molar-refractivity contribution is 8.14. The monoisotopic (exact) mass is 262 g/mol. The zero-order chi connectivity index (χ0) is 13.0. The van der Waals surface area contributed by atoms with Crippen LogP contribution < -0.4 is 5.32 Å². The lowest BCUT2D eigenvalue weighted by atomic mass is 10.0. The second-order valence-corrected chi connectivity index (χ2v) is 6.14. The molecule has 1 aromatic rings. The molecule has 0 amide bonds. The summed E-state index contributed by atoms with van der Waals surface area (Å²) >= 11 is 1.83. The van der Waals surface area contributed by atoms with Crippen LogP contribution in [0.1, 0.15) is 32.8 Å². The molecule has 3 heteroatoms. The van der Waals surface area contributed by atoms with Crippen molar-refractivity contribution in [3.63, 3.8) is 0 Å². The van der Waals surface area contributed by atoms with E-state index in [1.165, 1.54) is 17.7 Å². The SMILES string of the molecule is CCc1ccc(NC2=NC(C(C)C)CCS2)cc1. The Bertz CT molecular complexity index is 409. The minimum atomic E-state index is 0.476. The summed E-state index contributed by atoms with van der Waals surface area (Å²) in [5.74, 6) is 1.80. The molecule has 1 unspecified atom stereocenters. The zero-order valence-corrected chi connectivity index (χ0v) is 12.3. The Morgan fingerprint density at radius 1 is 1.33 bits per heavy atom. The number of amidine groups is 1. The molecule has 2 nitrogen and oxygen atoms in total. The summed E-state index contributed by atoms with van der Waals surface area (Å²) in [6, 6.07) is 9.11. The molecule has 98 valence electrons. The maximum absolute atomic E-state index is 4.79. The smallest absolute Gasteiger partial charge is 0.161 e. The second kappa shape index (κ2) is 6.28. The van der Waals surface area contributed by atoms with Gasteiger partial charge >= 0.3 is 0 Å². The summed E-state index contributed by atoms with van der Waals surface area (Å²) in [4.78, 5) is 4.79. The summed E-state index contributed by atoms with van der Waals surface area (Å²) in [6.07, 6.45) is 2.29. The summed E-state index contributed by atoms with van der Waals surface area (Å²) in [5.41, 5.74) is 2.52. The number of nitrogens with one attached hydrogen (secondary N) is 1. The average Bonchev–Trinajstić information content (AvgIpc) is 2.40. The molecule has 0 aliphatic carbocycles. The van der Waals surface area contributed by atoms with Gasteiger partial charge in [-0.25, -0.2) is 0 Å². The number of rotatable bonds is 3. The van der Waals surface area contributed by atoms with Crippen molar-refractivity contribution < 1.29 is 0 Å². The molecule has 1 aliphatic rings. The fourth-order valence-electron chi connectivity index (χ4n) is 2.03. The van der Waals surface area contributed by atoms with Crippen molar-refractivity contribution in [1.82, 2.24) is 0 Å². The van der Waals surface area contributed by atoms with Crippen LogP contribution in [0, 0.1) is 5.92 Å². The van der Waals surface area contributed by atoms with Gasteiger partial charge in [0.15, 0.2) is 5.17 Å². The molecule has 0 saturated carbocycles. The van der Waals surface area contributed by atoms with Gasteiger partial charge in [0.2, 0.25) is 0 Å². The Hall–Kier alpha value is -0.960. The van der Waals surface area contributed by atoms with Gasteiger partial charge in [-0.15, -0.1) is 0 Å². The van der Waals surface area contributed by atoms with E-state index >= 15 is 0 Å². The van der Waals surface area contributed by atoms with Gasteiger partial charge in [0.25, 0.3) is 0 Å². The number of thioether (sulfide) groups is 1. The van der Waals surface area contributed by atoms with E-state index in [1.807, 2.05) is 11.8 Å². The van der Waals surface area contributed by atoms with Crippen molar-refractivity contribution in [2.75, 3.05) is 11.1 Å². The maximum Gasteiger partial charge on any atom is 0.161 e. The van der Waals surface area contributed by atoms with E-state index < -0.39 is 0 Å². The van der Waals surface area contributed by atoms with Crippen LogP contribution in [0.3, 0.4) is 0 Å². The summed E-state index contributed by atoms with van der Waals surface area (Å²) < 4.78 is 0. The van der Waals surface area contributed by atoms with E-state index in [0.717, 1.165) is 17.3 Å². The molecule has 0 aromatic heterocycles. The molecule has 1 aromatic carbocycles. The van der Waals surface area contributed by atoms with Gasteiger partial charge in [-0.3, -0.25) is 4.99 Å². The second-order valence-electron chi connectivity index (χ2n) is 5.06. The number of aliphatic imine (C=N–C) groups is 1. The van der Waals surface area contributed by atoms with Crippen LogP contribution in [-0.4, -0.2) is 17.0 Å². The van der Waals surface area contributed by atoms with E-state index in [-0.39, 0.29) is 0 Å². The molecule has 0 radical (unpaired) electrons. The number of nitrogens with zero attached hydrogens (tertiary/aromatic N) is 1. The van der Waals surface area contributed by atoms with E-state index in [2.05, 4.69) is 50.4 Å². The Labute approximate surface area is 114 Å². The number of aryl methyl sites for hydroxylation is 1. The first kappa shape index (κ1) is 13.5. The first-order valence-corrected chi connectivity index (χ1v) is 7.74. The molecule has 1 aliphatic heterocycles. The normalized spacial score (nSPS) is 19.8. The Kier molecular flexibility index (Phi) is 4.70. The quantitative estimate of drug-likeness (QED) is 0.883. The third-order valence-electron chi connectivity index (χ3n) is 3.32. The Morgan fingerprint density at radius 2 is 2.06 bits per heavy atom. The van der Waals surface area contributed by atoms with Crippen molar-refractivity contribution in [1.29, 1.82) is 0 Å². The molecule has 2 rings (SSSR count). The highest BCUT2D eigenvalue weighted by atomic mass is 32.2. The molecule has 1 heterocycles. The minimum Gasteiger partial charge on any atom is -0.335 e. The fourth-order valence-corrected chi connectivity index (χ4v) is 2.98. The third-order valence-corrected chi connectivity index (χ3v) is 4.24. The van der Waals surface area contributed by atoms with E-state index in [4.69, 9.17) is 4.99 Å². The van der Waals surface area contributed by atoms with Crippen molar-refractivity contribution in [2.45, 2.75) is 39.7 Å². The van der Waals surface area contributed by atoms with E-state index in [1.54, 1.807) is 0 Å². The van der Waals surface area contributed by atoms with Crippen molar-refractivity contribution in [2.24, 2.45) is 10.9 Å². The fraction of sp³-hybridized carbons (Fsp3) is 0.533. The molecule has 1 atom stereocenters. The van der Waals surface area contributed by atoms with Gasteiger partial charge < -0.3 is 5.32 Å². The minimum absolute atomic E-state index is 0.476. The van der Waals surface area contributed by atoms with Crippen LogP contribution in [0.5, 0.6) is 0 Å². The lowest BCUT2D eigenvalue weighted by molar-refractivity contribution is 0.485. The summed E-state index contributed by atoms with van der Waals surface area (Å²) in [7, 11) is 0. The first-order valence-electron chi connectivity index (χ1n) is 6.75. The van der Waals surface area contributed by atoms with Crippen molar-refractivity contribution in [3.05, 3.63) is 29.8 Å². The van der Waals surface area contributed by atoms with Crippen LogP contribution in [0.25, 0.3) is 0 Å². The predicted octanol–water partition coefficient (Wildman–Crippen LogP) is 4.18. The summed E-state index contributed by atoms with van der Waals surface area (Å²) in [6.45, 7) is 6.67. The van der Waals surface area contributed by atoms with Crippen molar-refractivity contribution in [3.8, 4) is 0 Å². The lowest BCUT2D eigenvalue weighted by Crippen LogP contribution is -2.23. The third kappa shape index (κ3) is 3.52. The number of hydrogen-bond donors (Lipinski definition) is 1. The largest absolute Gasteiger partial charge is 0.335 e. The van der Waals surface area contributed by atoms with Crippen LogP contribution in [0.2, 0.25) is 0 Å². The Morgan fingerprint density at radius 3 is 2.67 bits per heavy atom. The maximum atomic E-state index is 4.79. The summed E-state index contributed by atoms with van der Waals surface area (Å²) in [5, 5.41) is 4.50. The molecule has 18 heavy (non-hydrogen) atoms. The highest BCUT2D eigenvalue weighted by Gasteiger charge is 2.18. The molecule has 0 saturated heterocycles. The predicted molar refractivity (Wildman–Crippen MR) is 82.6 cm³/mol. The highest BCUT2D eigenvalue weighted by Crippen LogP contribution is 2.23. The molecule has 0 bridgehead atoms. The van der Waals surface area contributed by atoms with Gasteiger partial charge in [0, 0.05) is 11.4 Å². The zero-order valence-electron chi connectivity index (χ0n) is 11.4. The van der Waals surface area contributed by atoms with E-state index in [0.29, 0.717) is 12.0 Å². The molecular weight excluding hydrogens is 240 g/mol. The molecule has 0 spiro atoms. The van der Waals surface area contributed by atoms with Crippen LogP contribution in [-0.2, 0) is 6.42 Å². The van der Waals surface area contributed by atoms with Crippen LogP contribution >= 0.6 is 11.8 Å². The Balaban J connectivity index is 2.03.